The second-order valence-electron chi connectivity index (χ2n) is 6.84. The van der Waals surface area contributed by atoms with Crippen LogP contribution < -0.4 is 0 Å². The van der Waals surface area contributed by atoms with Gasteiger partial charge in [-0.05, 0) is 48.5 Å². The third-order valence-corrected chi connectivity index (χ3v) is 4.78. The summed E-state index contributed by atoms with van der Waals surface area (Å²) in [4.78, 5) is 20.7. The first-order valence-corrected chi connectivity index (χ1v) is 9.73. The summed E-state index contributed by atoms with van der Waals surface area (Å²) >= 11 is 0. The zero-order chi connectivity index (χ0) is 19.7. The Hall–Kier alpha value is -3.44. The highest BCUT2D eigenvalue weighted by atomic mass is 15.2. The largest absolute Gasteiger partial charge is 0.283 e. The number of rotatable bonds is 8. The average molecular weight is 381 g/mol. The lowest BCUT2D eigenvalue weighted by Crippen LogP contribution is -2.31. The van der Waals surface area contributed by atoms with E-state index in [0.29, 0.717) is 13.1 Å². The Morgan fingerprint density at radius 3 is 1.48 bits per heavy atom. The summed E-state index contributed by atoms with van der Waals surface area (Å²) in [5.41, 5.74) is 4.09. The van der Waals surface area contributed by atoms with Gasteiger partial charge in [0, 0.05) is 50.0 Å². The van der Waals surface area contributed by atoms with Crippen molar-refractivity contribution in [1.82, 2.24) is 24.8 Å². The number of hydrogen-bond donors (Lipinski definition) is 0. The standard InChI is InChI=1S/C24H23N5/c1-5-13-25-20(9-1)17-24(23-12-4-8-16-28-23)29(18-21-10-2-6-14-26-21)19-22-11-3-7-15-27-22/h1-16,24H,17-19H2/t24-/m1/s1. The van der Waals surface area contributed by atoms with Crippen molar-refractivity contribution >= 4 is 0 Å². The van der Waals surface area contributed by atoms with Crippen LogP contribution in [0.3, 0.4) is 0 Å². The number of aromatic nitrogens is 4. The molecule has 0 unspecified atom stereocenters. The number of pyridine rings is 4. The molecule has 0 saturated heterocycles. The molecule has 0 aliphatic heterocycles. The SMILES string of the molecule is c1ccc(C[C@H](c2ccccn2)N(Cc2ccccn2)Cc2ccccn2)nc1. The quantitative estimate of drug-likeness (QED) is 0.457. The fourth-order valence-corrected chi connectivity index (χ4v) is 3.39. The molecule has 4 heterocycles. The monoisotopic (exact) mass is 381 g/mol. The van der Waals surface area contributed by atoms with E-state index in [-0.39, 0.29) is 6.04 Å². The smallest absolute Gasteiger partial charge is 0.0584 e. The van der Waals surface area contributed by atoms with Gasteiger partial charge in [0.05, 0.1) is 23.1 Å². The Bertz CT molecular complexity index is 937. The summed E-state index contributed by atoms with van der Waals surface area (Å²) in [6.45, 7) is 1.40. The predicted octanol–water partition coefficient (Wildman–Crippen LogP) is 4.25. The van der Waals surface area contributed by atoms with Crippen molar-refractivity contribution in [2.75, 3.05) is 0 Å². The summed E-state index contributed by atoms with van der Waals surface area (Å²) in [5.74, 6) is 0. The van der Waals surface area contributed by atoms with Crippen LogP contribution in [0.5, 0.6) is 0 Å². The summed E-state index contributed by atoms with van der Waals surface area (Å²) < 4.78 is 0. The molecule has 0 saturated carbocycles. The van der Waals surface area contributed by atoms with Crippen molar-refractivity contribution in [1.29, 1.82) is 0 Å². The minimum Gasteiger partial charge on any atom is -0.283 e. The van der Waals surface area contributed by atoms with Crippen molar-refractivity contribution < 1.29 is 0 Å². The van der Waals surface area contributed by atoms with E-state index in [1.54, 1.807) is 0 Å². The first-order chi connectivity index (χ1) is 14.4. The van der Waals surface area contributed by atoms with Crippen LogP contribution in [-0.2, 0) is 19.5 Å². The normalized spacial score (nSPS) is 12.0. The molecule has 5 nitrogen and oxygen atoms in total. The van der Waals surface area contributed by atoms with E-state index < -0.39 is 0 Å². The number of hydrogen-bond acceptors (Lipinski definition) is 5. The summed E-state index contributed by atoms with van der Waals surface area (Å²) in [6, 6.07) is 24.2. The molecule has 0 amide bonds. The third kappa shape index (κ3) is 5.30. The van der Waals surface area contributed by atoms with Gasteiger partial charge in [-0.25, -0.2) is 0 Å². The topological polar surface area (TPSA) is 54.8 Å². The van der Waals surface area contributed by atoms with Crippen LogP contribution in [0.1, 0.15) is 28.8 Å². The lowest BCUT2D eigenvalue weighted by atomic mass is 10.0. The third-order valence-electron chi connectivity index (χ3n) is 4.78. The Kier molecular flexibility index (Phi) is 6.30. The molecular formula is C24H23N5. The second kappa shape index (κ2) is 9.66. The van der Waals surface area contributed by atoms with E-state index in [1.165, 1.54) is 0 Å². The zero-order valence-electron chi connectivity index (χ0n) is 16.2. The van der Waals surface area contributed by atoms with Crippen molar-refractivity contribution in [2.24, 2.45) is 0 Å². The van der Waals surface area contributed by atoms with E-state index in [2.05, 4.69) is 49.1 Å². The van der Waals surface area contributed by atoms with Gasteiger partial charge in [-0.2, -0.15) is 0 Å². The molecular weight excluding hydrogens is 358 g/mol. The van der Waals surface area contributed by atoms with Crippen LogP contribution in [0.2, 0.25) is 0 Å². The minimum atomic E-state index is 0.0510. The van der Waals surface area contributed by atoms with Crippen LogP contribution in [0, 0.1) is 0 Å². The van der Waals surface area contributed by atoms with Gasteiger partial charge in [-0.3, -0.25) is 24.8 Å². The first kappa shape index (κ1) is 18.9. The molecule has 4 rings (SSSR count). The molecule has 5 heteroatoms. The van der Waals surface area contributed by atoms with Gasteiger partial charge in [0.25, 0.3) is 0 Å². The van der Waals surface area contributed by atoms with Crippen LogP contribution in [-0.4, -0.2) is 24.8 Å². The van der Waals surface area contributed by atoms with Gasteiger partial charge in [0.1, 0.15) is 0 Å². The highest BCUT2D eigenvalue weighted by molar-refractivity contribution is 5.16. The Morgan fingerprint density at radius 2 is 1.03 bits per heavy atom. The summed E-state index contributed by atoms with van der Waals surface area (Å²) in [6.07, 6.45) is 8.12. The minimum absolute atomic E-state index is 0.0510. The summed E-state index contributed by atoms with van der Waals surface area (Å²) in [5, 5.41) is 0. The van der Waals surface area contributed by atoms with E-state index in [4.69, 9.17) is 0 Å². The molecule has 0 N–H and O–H groups in total. The Morgan fingerprint density at radius 1 is 0.552 bits per heavy atom. The van der Waals surface area contributed by atoms with E-state index in [9.17, 15) is 0 Å². The molecule has 0 radical (unpaired) electrons. The molecule has 0 fully saturated rings. The predicted molar refractivity (Wildman–Crippen MR) is 113 cm³/mol. The molecule has 4 aromatic heterocycles. The molecule has 0 aliphatic rings. The van der Waals surface area contributed by atoms with Crippen LogP contribution >= 0.6 is 0 Å². The highest BCUT2D eigenvalue weighted by Crippen LogP contribution is 2.26. The molecule has 4 aromatic rings. The van der Waals surface area contributed by atoms with E-state index in [1.807, 2.05) is 73.3 Å². The van der Waals surface area contributed by atoms with Crippen LogP contribution in [0.25, 0.3) is 0 Å². The van der Waals surface area contributed by atoms with Gasteiger partial charge in [-0.1, -0.05) is 24.3 Å². The summed E-state index contributed by atoms with van der Waals surface area (Å²) in [7, 11) is 0. The maximum absolute atomic E-state index is 4.67. The van der Waals surface area contributed by atoms with Crippen LogP contribution in [0.4, 0.5) is 0 Å². The number of nitrogens with zero attached hydrogens (tertiary/aromatic N) is 5. The molecule has 0 aliphatic carbocycles. The van der Waals surface area contributed by atoms with Gasteiger partial charge < -0.3 is 0 Å². The molecule has 1 atom stereocenters. The molecule has 144 valence electrons. The highest BCUT2D eigenvalue weighted by Gasteiger charge is 2.24. The Labute approximate surface area is 171 Å². The van der Waals surface area contributed by atoms with Crippen molar-refractivity contribution in [3.63, 3.8) is 0 Å². The zero-order valence-corrected chi connectivity index (χ0v) is 16.2. The molecule has 0 spiro atoms. The van der Waals surface area contributed by atoms with Gasteiger partial charge in [-0.15, -0.1) is 0 Å². The van der Waals surface area contributed by atoms with Crippen molar-refractivity contribution in [3.8, 4) is 0 Å². The first-order valence-electron chi connectivity index (χ1n) is 9.73. The average Bonchev–Trinajstić information content (AvgIpc) is 2.80. The second-order valence-corrected chi connectivity index (χ2v) is 6.84. The molecule has 29 heavy (non-hydrogen) atoms. The van der Waals surface area contributed by atoms with E-state index >= 15 is 0 Å². The van der Waals surface area contributed by atoms with Gasteiger partial charge in [0.2, 0.25) is 0 Å². The molecule has 0 aromatic carbocycles. The van der Waals surface area contributed by atoms with Crippen molar-refractivity contribution in [3.05, 3.63) is 120 Å². The van der Waals surface area contributed by atoms with E-state index in [0.717, 1.165) is 29.2 Å². The maximum atomic E-state index is 4.67. The van der Waals surface area contributed by atoms with Crippen molar-refractivity contribution in [2.45, 2.75) is 25.6 Å². The van der Waals surface area contributed by atoms with Gasteiger partial charge in [0.15, 0.2) is 0 Å². The lowest BCUT2D eigenvalue weighted by molar-refractivity contribution is 0.168. The fraction of sp³-hybridized carbons (Fsp3) is 0.167. The Balaban J connectivity index is 1.69. The fourth-order valence-electron chi connectivity index (χ4n) is 3.39. The molecule has 0 bridgehead atoms. The van der Waals surface area contributed by atoms with Crippen LogP contribution in [0.15, 0.2) is 97.6 Å². The lowest BCUT2D eigenvalue weighted by Gasteiger charge is -2.31. The maximum Gasteiger partial charge on any atom is 0.0584 e. The van der Waals surface area contributed by atoms with Gasteiger partial charge >= 0.3 is 0 Å².